The minimum absolute atomic E-state index is 0. The third-order valence-electron chi connectivity index (χ3n) is 6.26. The molecule has 2 aliphatic rings. The van der Waals surface area contributed by atoms with Gasteiger partial charge in [-0.25, -0.2) is 0 Å². The summed E-state index contributed by atoms with van der Waals surface area (Å²) in [6.07, 6.45) is 5.16. The highest BCUT2D eigenvalue weighted by Crippen LogP contribution is 2.36. The molecular formula is C22H37ClIN5. The number of likely N-dealkylation sites (tertiary alicyclic amines) is 1. The Kier molecular flexibility index (Phi) is 9.98. The van der Waals surface area contributed by atoms with Gasteiger partial charge in [0.2, 0.25) is 0 Å². The standard InChI is InChI=1S/C22H36ClN5.HI/c1-24-22(26-15-20(27(2)3)16-10-11-16)25-14-18-8-6-12-28(4)21(18)17-7-5-9-19(23)13-17;/h5,7,9,13,16,18,20-21H,6,8,10-12,14-15H2,1-4H3,(H2,24,25,26);1H. The Bertz CT molecular complexity index is 662. The molecule has 2 N–H and O–H groups in total. The first-order valence-electron chi connectivity index (χ1n) is 10.6. The zero-order valence-corrected chi connectivity index (χ0v) is 21.3. The lowest BCUT2D eigenvalue weighted by Gasteiger charge is -2.40. The monoisotopic (exact) mass is 533 g/mol. The second-order valence-electron chi connectivity index (χ2n) is 8.59. The smallest absolute Gasteiger partial charge is 0.191 e. The lowest BCUT2D eigenvalue weighted by atomic mass is 9.85. The molecule has 164 valence electrons. The Hall–Kier alpha value is -0.570. The molecule has 7 heteroatoms. The molecule has 3 atom stereocenters. The molecule has 5 nitrogen and oxygen atoms in total. The van der Waals surface area contributed by atoms with E-state index in [0.29, 0.717) is 18.0 Å². The van der Waals surface area contributed by atoms with Crippen molar-refractivity contribution in [2.45, 2.75) is 37.8 Å². The van der Waals surface area contributed by atoms with Crippen molar-refractivity contribution in [3.8, 4) is 0 Å². The van der Waals surface area contributed by atoms with Crippen molar-refractivity contribution >= 4 is 41.5 Å². The summed E-state index contributed by atoms with van der Waals surface area (Å²) in [4.78, 5) is 9.26. The van der Waals surface area contributed by atoms with E-state index in [-0.39, 0.29) is 24.0 Å². The second kappa shape index (κ2) is 11.7. The van der Waals surface area contributed by atoms with Crippen LogP contribution in [0.4, 0.5) is 0 Å². The highest BCUT2D eigenvalue weighted by atomic mass is 127. The van der Waals surface area contributed by atoms with Crippen LogP contribution in [-0.4, -0.2) is 69.6 Å². The third-order valence-corrected chi connectivity index (χ3v) is 6.50. The van der Waals surface area contributed by atoms with E-state index in [1.54, 1.807) is 0 Å². The van der Waals surface area contributed by atoms with Gasteiger partial charge in [0.05, 0.1) is 0 Å². The molecule has 1 aliphatic carbocycles. The maximum absolute atomic E-state index is 6.27. The minimum atomic E-state index is 0. The molecule has 1 aromatic rings. The molecule has 1 heterocycles. The van der Waals surface area contributed by atoms with Gasteiger partial charge in [0.15, 0.2) is 5.96 Å². The number of nitrogens with one attached hydrogen (secondary N) is 2. The number of hydrogen-bond acceptors (Lipinski definition) is 3. The number of hydrogen-bond donors (Lipinski definition) is 2. The Balaban J connectivity index is 0.00000300. The van der Waals surface area contributed by atoms with Crippen LogP contribution in [-0.2, 0) is 0 Å². The number of guanidine groups is 1. The lowest BCUT2D eigenvalue weighted by molar-refractivity contribution is 0.122. The second-order valence-corrected chi connectivity index (χ2v) is 9.02. The van der Waals surface area contributed by atoms with E-state index in [0.717, 1.165) is 36.5 Å². The van der Waals surface area contributed by atoms with Crippen LogP contribution in [0.1, 0.15) is 37.3 Å². The van der Waals surface area contributed by atoms with E-state index in [1.165, 1.54) is 31.2 Å². The molecule has 2 fully saturated rings. The number of halogens is 2. The van der Waals surface area contributed by atoms with E-state index in [9.17, 15) is 0 Å². The van der Waals surface area contributed by atoms with E-state index >= 15 is 0 Å². The summed E-state index contributed by atoms with van der Waals surface area (Å²) in [6.45, 7) is 2.99. The van der Waals surface area contributed by atoms with Crippen molar-refractivity contribution in [2.24, 2.45) is 16.8 Å². The van der Waals surface area contributed by atoms with Gasteiger partial charge in [-0.3, -0.25) is 9.89 Å². The molecular weight excluding hydrogens is 497 g/mol. The van der Waals surface area contributed by atoms with Crippen LogP contribution in [0.3, 0.4) is 0 Å². The molecule has 3 unspecified atom stereocenters. The Morgan fingerprint density at radius 3 is 2.66 bits per heavy atom. The van der Waals surface area contributed by atoms with Crippen molar-refractivity contribution < 1.29 is 0 Å². The molecule has 29 heavy (non-hydrogen) atoms. The van der Waals surface area contributed by atoms with Gasteiger partial charge < -0.3 is 15.5 Å². The zero-order chi connectivity index (χ0) is 20.1. The zero-order valence-electron chi connectivity index (χ0n) is 18.2. The van der Waals surface area contributed by atoms with Gasteiger partial charge in [0.1, 0.15) is 0 Å². The van der Waals surface area contributed by atoms with Gasteiger partial charge in [0, 0.05) is 37.2 Å². The van der Waals surface area contributed by atoms with Gasteiger partial charge in [-0.05, 0) is 82.9 Å². The van der Waals surface area contributed by atoms with Crippen LogP contribution in [0.25, 0.3) is 0 Å². The molecule has 1 aliphatic heterocycles. The quantitative estimate of drug-likeness (QED) is 0.317. The van der Waals surface area contributed by atoms with Gasteiger partial charge in [-0.15, -0.1) is 24.0 Å². The number of piperidine rings is 1. The number of aliphatic imine (C=N–C) groups is 1. The van der Waals surface area contributed by atoms with Crippen LogP contribution in [0.5, 0.6) is 0 Å². The van der Waals surface area contributed by atoms with Gasteiger partial charge >= 0.3 is 0 Å². The van der Waals surface area contributed by atoms with Gasteiger partial charge in [-0.1, -0.05) is 23.7 Å². The summed E-state index contributed by atoms with van der Waals surface area (Å²) >= 11 is 6.27. The number of likely N-dealkylation sites (N-methyl/N-ethyl adjacent to an activating group) is 1. The SMILES string of the molecule is CN=C(NCC1CCCN(C)C1c1cccc(Cl)c1)NCC(C1CC1)N(C)C.I. The Morgan fingerprint density at radius 1 is 1.28 bits per heavy atom. The highest BCUT2D eigenvalue weighted by Gasteiger charge is 2.33. The summed E-state index contributed by atoms with van der Waals surface area (Å²) in [5.74, 6) is 2.27. The molecule has 1 aromatic carbocycles. The summed E-state index contributed by atoms with van der Waals surface area (Å²) < 4.78 is 0. The summed E-state index contributed by atoms with van der Waals surface area (Å²) in [7, 11) is 8.43. The first kappa shape index (κ1) is 24.7. The fourth-order valence-corrected chi connectivity index (χ4v) is 4.79. The topological polar surface area (TPSA) is 42.9 Å². The van der Waals surface area contributed by atoms with Crippen LogP contribution in [0.2, 0.25) is 5.02 Å². The van der Waals surface area contributed by atoms with Crippen LogP contribution < -0.4 is 10.6 Å². The first-order valence-corrected chi connectivity index (χ1v) is 10.9. The maximum atomic E-state index is 6.27. The van der Waals surface area contributed by atoms with Crippen LogP contribution in [0, 0.1) is 11.8 Å². The minimum Gasteiger partial charge on any atom is -0.356 e. The molecule has 0 aromatic heterocycles. The van der Waals surface area contributed by atoms with E-state index in [1.807, 2.05) is 13.1 Å². The van der Waals surface area contributed by atoms with Crippen molar-refractivity contribution in [2.75, 3.05) is 47.8 Å². The summed E-state index contributed by atoms with van der Waals surface area (Å²) in [5, 5.41) is 7.95. The normalized spacial score (nSPS) is 24.1. The first-order chi connectivity index (χ1) is 13.5. The van der Waals surface area contributed by atoms with E-state index in [2.05, 4.69) is 64.8 Å². The molecule has 0 radical (unpaired) electrons. The fraction of sp³-hybridized carbons (Fsp3) is 0.682. The fourth-order valence-electron chi connectivity index (χ4n) is 4.59. The van der Waals surface area contributed by atoms with Crippen molar-refractivity contribution in [3.05, 3.63) is 34.9 Å². The highest BCUT2D eigenvalue weighted by molar-refractivity contribution is 14.0. The average Bonchev–Trinajstić information content (AvgIpc) is 3.49. The lowest BCUT2D eigenvalue weighted by Crippen LogP contribution is -2.48. The Labute approximate surface area is 198 Å². The number of nitrogens with zero attached hydrogens (tertiary/aromatic N) is 3. The van der Waals surface area contributed by atoms with Gasteiger partial charge in [0.25, 0.3) is 0 Å². The molecule has 0 amide bonds. The third kappa shape index (κ3) is 6.97. The van der Waals surface area contributed by atoms with Crippen LogP contribution >= 0.6 is 35.6 Å². The molecule has 1 saturated heterocycles. The average molecular weight is 534 g/mol. The largest absolute Gasteiger partial charge is 0.356 e. The predicted octanol–water partition coefficient (Wildman–Crippen LogP) is 3.85. The summed E-state index contributed by atoms with van der Waals surface area (Å²) in [6, 6.07) is 9.30. The predicted molar refractivity (Wildman–Crippen MR) is 135 cm³/mol. The van der Waals surface area contributed by atoms with Crippen molar-refractivity contribution in [1.29, 1.82) is 0 Å². The van der Waals surface area contributed by atoms with Crippen molar-refractivity contribution in [1.82, 2.24) is 20.4 Å². The van der Waals surface area contributed by atoms with E-state index in [4.69, 9.17) is 11.6 Å². The number of benzene rings is 1. The Morgan fingerprint density at radius 2 is 2.03 bits per heavy atom. The molecule has 0 bridgehead atoms. The summed E-state index contributed by atoms with van der Waals surface area (Å²) in [5.41, 5.74) is 1.31. The molecule has 1 saturated carbocycles. The van der Waals surface area contributed by atoms with E-state index < -0.39 is 0 Å². The van der Waals surface area contributed by atoms with Gasteiger partial charge in [-0.2, -0.15) is 0 Å². The van der Waals surface area contributed by atoms with Crippen molar-refractivity contribution in [3.63, 3.8) is 0 Å². The molecule has 3 rings (SSSR count). The molecule has 0 spiro atoms. The maximum Gasteiger partial charge on any atom is 0.191 e. The number of rotatable bonds is 7. The van der Waals surface area contributed by atoms with Crippen LogP contribution in [0.15, 0.2) is 29.3 Å².